The lowest BCUT2D eigenvalue weighted by molar-refractivity contribution is 0.977. The van der Waals surface area contributed by atoms with E-state index in [2.05, 4.69) is 132 Å². The number of fused-ring (bicyclic) bond motifs is 6. The van der Waals surface area contributed by atoms with Gasteiger partial charge in [0, 0.05) is 27.1 Å². The van der Waals surface area contributed by atoms with Crippen molar-refractivity contribution in [2.45, 2.75) is 0 Å². The molecule has 0 atom stereocenters. The zero-order valence-electron chi connectivity index (χ0n) is 20.0. The number of nitrogens with zero attached hydrogens (tertiary/aromatic N) is 3. The van der Waals surface area contributed by atoms with Crippen molar-refractivity contribution in [3.8, 4) is 17.1 Å². The van der Waals surface area contributed by atoms with Crippen molar-refractivity contribution < 1.29 is 0 Å². The molecule has 0 N–H and O–H groups in total. The van der Waals surface area contributed by atoms with Gasteiger partial charge in [-0.15, -0.1) is 10.2 Å². The van der Waals surface area contributed by atoms with E-state index in [0.717, 1.165) is 38.9 Å². The quantitative estimate of drug-likeness (QED) is 0.252. The van der Waals surface area contributed by atoms with Crippen molar-refractivity contribution >= 4 is 54.1 Å². The van der Waals surface area contributed by atoms with Crippen LogP contribution in [0.2, 0.25) is 0 Å². The van der Waals surface area contributed by atoms with Gasteiger partial charge in [-0.1, -0.05) is 109 Å². The third kappa shape index (κ3) is 2.95. The summed E-state index contributed by atoms with van der Waals surface area (Å²) in [5.41, 5.74) is 4.27. The Hall–Kier alpha value is -5.02. The van der Waals surface area contributed by atoms with Crippen molar-refractivity contribution in [2.75, 3.05) is 0 Å². The summed E-state index contributed by atoms with van der Waals surface area (Å²) in [7, 11) is 0. The molecule has 2 heterocycles. The molecule has 0 saturated carbocycles. The van der Waals surface area contributed by atoms with Crippen LogP contribution >= 0.6 is 0 Å². The molecular formula is C34H21N3. The molecule has 3 heteroatoms. The van der Waals surface area contributed by atoms with Gasteiger partial charge in [0.25, 0.3) is 0 Å². The van der Waals surface area contributed by atoms with Crippen molar-refractivity contribution in [1.29, 1.82) is 0 Å². The molecule has 37 heavy (non-hydrogen) atoms. The van der Waals surface area contributed by atoms with Gasteiger partial charge in [0.2, 0.25) is 0 Å². The molecule has 6 aromatic carbocycles. The summed E-state index contributed by atoms with van der Waals surface area (Å²) in [5, 5.41) is 19.3. The van der Waals surface area contributed by atoms with Crippen LogP contribution < -0.4 is 0 Å². The van der Waals surface area contributed by atoms with E-state index in [0.29, 0.717) is 0 Å². The first kappa shape index (κ1) is 20.2. The van der Waals surface area contributed by atoms with Crippen LogP contribution in [0, 0.1) is 0 Å². The first-order valence-electron chi connectivity index (χ1n) is 12.5. The minimum Gasteiger partial charge on any atom is -0.292 e. The van der Waals surface area contributed by atoms with Gasteiger partial charge in [0.15, 0.2) is 5.82 Å². The molecule has 8 rings (SSSR count). The highest BCUT2D eigenvalue weighted by atomic mass is 15.2. The molecule has 0 aliphatic rings. The zero-order chi connectivity index (χ0) is 24.3. The standard InChI is InChI=1S/C34H21N3/c1-2-12-24-21-32-30(20-23(24)11-1)26-15-7-8-19-31(26)37(32)34-29-17-6-5-16-28(29)33(35-36-34)27-18-9-13-22-10-3-4-14-25(22)27/h1-21H. The van der Waals surface area contributed by atoms with Crippen molar-refractivity contribution in [3.63, 3.8) is 0 Å². The fraction of sp³-hybridized carbons (Fsp3) is 0. The van der Waals surface area contributed by atoms with E-state index in [1.165, 1.54) is 32.3 Å². The van der Waals surface area contributed by atoms with Crippen LogP contribution in [-0.2, 0) is 0 Å². The van der Waals surface area contributed by atoms with Gasteiger partial charge in [-0.25, -0.2) is 0 Å². The molecule has 8 aromatic rings. The molecule has 0 bridgehead atoms. The second-order valence-corrected chi connectivity index (χ2v) is 9.51. The Bertz CT molecular complexity index is 2150. The smallest absolute Gasteiger partial charge is 0.168 e. The minimum absolute atomic E-state index is 0.848. The molecule has 2 aromatic heterocycles. The number of aromatic nitrogens is 3. The third-order valence-corrected chi connectivity index (χ3v) is 7.46. The highest BCUT2D eigenvalue weighted by Crippen LogP contribution is 2.38. The molecule has 0 aliphatic carbocycles. The number of rotatable bonds is 2. The van der Waals surface area contributed by atoms with Gasteiger partial charge >= 0.3 is 0 Å². The number of benzene rings is 6. The highest BCUT2D eigenvalue weighted by Gasteiger charge is 2.19. The van der Waals surface area contributed by atoms with E-state index in [-0.39, 0.29) is 0 Å². The van der Waals surface area contributed by atoms with Crippen LogP contribution in [0.15, 0.2) is 127 Å². The second-order valence-electron chi connectivity index (χ2n) is 9.51. The summed E-state index contributed by atoms with van der Waals surface area (Å²) < 4.78 is 2.28. The number of hydrogen-bond acceptors (Lipinski definition) is 2. The summed E-state index contributed by atoms with van der Waals surface area (Å²) in [6.07, 6.45) is 0. The Morgan fingerprint density at radius 3 is 1.86 bits per heavy atom. The van der Waals surface area contributed by atoms with Crippen molar-refractivity contribution in [3.05, 3.63) is 127 Å². The summed E-state index contributed by atoms with van der Waals surface area (Å²) in [4.78, 5) is 0. The van der Waals surface area contributed by atoms with Gasteiger partial charge in [-0.2, -0.15) is 0 Å². The molecule has 0 radical (unpaired) electrons. The van der Waals surface area contributed by atoms with E-state index in [9.17, 15) is 0 Å². The lowest BCUT2D eigenvalue weighted by Gasteiger charge is -2.13. The molecule has 172 valence electrons. The molecule has 0 aliphatic heterocycles. The lowest BCUT2D eigenvalue weighted by Crippen LogP contribution is -2.02. The zero-order valence-corrected chi connectivity index (χ0v) is 20.0. The Morgan fingerprint density at radius 1 is 0.405 bits per heavy atom. The van der Waals surface area contributed by atoms with Crippen LogP contribution in [0.1, 0.15) is 0 Å². The molecule has 0 saturated heterocycles. The molecule has 0 unspecified atom stereocenters. The molecule has 0 amide bonds. The van der Waals surface area contributed by atoms with E-state index in [1.807, 2.05) is 0 Å². The third-order valence-electron chi connectivity index (χ3n) is 7.46. The Balaban J connectivity index is 1.49. The molecule has 0 spiro atoms. The second kappa shape index (κ2) is 7.74. The predicted octanol–water partition coefficient (Wildman–Crippen LogP) is 8.70. The Kier molecular flexibility index (Phi) is 4.23. The van der Waals surface area contributed by atoms with Gasteiger partial charge in [0.05, 0.1) is 11.0 Å². The molecule has 3 nitrogen and oxygen atoms in total. The summed E-state index contributed by atoms with van der Waals surface area (Å²) >= 11 is 0. The summed E-state index contributed by atoms with van der Waals surface area (Å²) in [6, 6.07) is 45.0. The van der Waals surface area contributed by atoms with Gasteiger partial charge < -0.3 is 0 Å². The maximum absolute atomic E-state index is 4.93. The SMILES string of the molecule is c1ccc2cc3c(cc2c1)c1ccccc1n3-c1nnc(-c2cccc3ccccc23)c2ccccc12. The lowest BCUT2D eigenvalue weighted by atomic mass is 9.98. The first-order chi connectivity index (χ1) is 18.4. The van der Waals surface area contributed by atoms with Gasteiger partial charge in [-0.3, -0.25) is 4.57 Å². The van der Waals surface area contributed by atoms with Gasteiger partial charge in [-0.05, 0) is 39.7 Å². The average Bonchev–Trinajstić information content (AvgIpc) is 3.28. The predicted molar refractivity (Wildman–Crippen MR) is 154 cm³/mol. The van der Waals surface area contributed by atoms with Crippen LogP contribution in [0.3, 0.4) is 0 Å². The topological polar surface area (TPSA) is 30.7 Å². The normalized spacial score (nSPS) is 11.8. The number of para-hydroxylation sites is 1. The molecular weight excluding hydrogens is 450 g/mol. The van der Waals surface area contributed by atoms with E-state index in [4.69, 9.17) is 10.2 Å². The Morgan fingerprint density at radius 2 is 1.03 bits per heavy atom. The maximum atomic E-state index is 4.93. The van der Waals surface area contributed by atoms with E-state index in [1.54, 1.807) is 0 Å². The van der Waals surface area contributed by atoms with Crippen LogP contribution in [0.25, 0.3) is 71.2 Å². The fourth-order valence-electron chi connectivity index (χ4n) is 5.77. The molecule has 0 fully saturated rings. The fourth-order valence-corrected chi connectivity index (χ4v) is 5.77. The van der Waals surface area contributed by atoms with Crippen LogP contribution in [0.4, 0.5) is 0 Å². The monoisotopic (exact) mass is 471 g/mol. The van der Waals surface area contributed by atoms with Crippen LogP contribution in [0.5, 0.6) is 0 Å². The van der Waals surface area contributed by atoms with E-state index >= 15 is 0 Å². The first-order valence-corrected chi connectivity index (χ1v) is 12.5. The average molecular weight is 472 g/mol. The minimum atomic E-state index is 0.848. The van der Waals surface area contributed by atoms with Crippen LogP contribution in [-0.4, -0.2) is 14.8 Å². The highest BCUT2D eigenvalue weighted by molar-refractivity contribution is 6.15. The summed E-state index contributed by atoms with van der Waals surface area (Å²) in [6.45, 7) is 0. The number of hydrogen-bond donors (Lipinski definition) is 0. The largest absolute Gasteiger partial charge is 0.292 e. The maximum Gasteiger partial charge on any atom is 0.168 e. The van der Waals surface area contributed by atoms with Crippen molar-refractivity contribution in [2.24, 2.45) is 0 Å². The summed E-state index contributed by atoms with van der Waals surface area (Å²) in [5.74, 6) is 0.848. The van der Waals surface area contributed by atoms with Crippen molar-refractivity contribution in [1.82, 2.24) is 14.8 Å². The van der Waals surface area contributed by atoms with Gasteiger partial charge in [0.1, 0.15) is 5.69 Å². The Labute approximate surface area is 213 Å². The van der Waals surface area contributed by atoms with E-state index < -0.39 is 0 Å².